The van der Waals surface area contributed by atoms with Crippen molar-refractivity contribution in [1.82, 2.24) is 8.87 Å². The van der Waals surface area contributed by atoms with Crippen LogP contribution in [0.25, 0.3) is 10.9 Å². The molecule has 24 heavy (non-hydrogen) atoms. The normalized spacial score (nSPS) is 22.8. The molecule has 0 spiro atoms. The van der Waals surface area contributed by atoms with Gasteiger partial charge in [0, 0.05) is 31.0 Å². The van der Waals surface area contributed by atoms with Crippen molar-refractivity contribution < 1.29 is 18.3 Å². The first-order valence-corrected chi connectivity index (χ1v) is 9.47. The monoisotopic (exact) mass is 350 g/mol. The molecule has 2 atom stereocenters. The van der Waals surface area contributed by atoms with Gasteiger partial charge in [-0.3, -0.25) is 0 Å². The smallest absolute Gasteiger partial charge is 0.352 e. The maximum Gasteiger partial charge on any atom is 0.352 e. The topological polar surface area (TPSA) is 79.6 Å². The largest absolute Gasteiger partial charge is 0.477 e. The number of aromatic carboxylic acids is 1. The average molecular weight is 350 g/mol. The van der Waals surface area contributed by atoms with Crippen molar-refractivity contribution in [2.45, 2.75) is 25.2 Å². The lowest BCUT2D eigenvalue weighted by Gasteiger charge is -2.34. The van der Waals surface area contributed by atoms with Crippen LogP contribution in [0.4, 0.5) is 0 Å². The second-order valence-electron chi connectivity index (χ2n) is 6.88. The molecule has 0 amide bonds. The van der Waals surface area contributed by atoms with E-state index in [2.05, 4.69) is 13.8 Å². The Kier molecular flexibility index (Phi) is 4.17. The lowest BCUT2D eigenvalue weighted by Crippen LogP contribution is -2.42. The number of sulfonamides is 1. The summed E-state index contributed by atoms with van der Waals surface area (Å²) in [6.07, 6.45) is 1.03. The van der Waals surface area contributed by atoms with E-state index in [1.807, 2.05) is 0 Å². The van der Waals surface area contributed by atoms with Gasteiger partial charge >= 0.3 is 5.97 Å². The highest BCUT2D eigenvalue weighted by Crippen LogP contribution is 2.29. The van der Waals surface area contributed by atoms with Crippen LogP contribution in [0.2, 0.25) is 0 Å². The molecule has 0 saturated carbocycles. The van der Waals surface area contributed by atoms with Gasteiger partial charge < -0.3 is 9.67 Å². The molecule has 1 saturated heterocycles. The minimum absolute atomic E-state index is 0.139. The SMILES string of the molecule is CC1CC(C)CN(S(=O)(=O)c2ccc3c(c2)cc(C(=O)O)n3C)C1. The van der Waals surface area contributed by atoms with Crippen LogP contribution in [-0.4, -0.2) is 41.5 Å². The Bertz CT molecular complexity index is 891. The molecular weight excluding hydrogens is 328 g/mol. The number of carboxylic acids is 1. The van der Waals surface area contributed by atoms with E-state index in [-0.39, 0.29) is 10.6 Å². The summed E-state index contributed by atoms with van der Waals surface area (Å²) >= 11 is 0. The average Bonchev–Trinajstić information content (AvgIpc) is 2.83. The molecule has 3 rings (SSSR count). The Labute approximate surface area is 141 Å². The molecule has 2 unspecified atom stereocenters. The van der Waals surface area contributed by atoms with E-state index in [4.69, 9.17) is 0 Å². The molecular formula is C17H22N2O4S. The summed E-state index contributed by atoms with van der Waals surface area (Å²) in [6, 6.07) is 6.32. The fraction of sp³-hybridized carbons (Fsp3) is 0.471. The molecule has 1 aliphatic rings. The van der Waals surface area contributed by atoms with Crippen LogP contribution in [0.1, 0.15) is 30.8 Å². The van der Waals surface area contributed by atoms with Crippen molar-refractivity contribution in [3.8, 4) is 0 Å². The number of carbonyl (C=O) groups is 1. The van der Waals surface area contributed by atoms with Gasteiger partial charge in [0.25, 0.3) is 0 Å². The zero-order valence-electron chi connectivity index (χ0n) is 14.1. The second kappa shape index (κ2) is 5.89. The van der Waals surface area contributed by atoms with E-state index in [1.54, 1.807) is 34.1 Å². The van der Waals surface area contributed by atoms with Crippen molar-refractivity contribution in [1.29, 1.82) is 0 Å². The van der Waals surface area contributed by atoms with Crippen molar-refractivity contribution >= 4 is 26.9 Å². The van der Waals surface area contributed by atoms with Gasteiger partial charge in [-0.15, -0.1) is 0 Å². The summed E-state index contributed by atoms with van der Waals surface area (Å²) < 4.78 is 29.0. The van der Waals surface area contributed by atoms with Gasteiger partial charge in [0.15, 0.2) is 0 Å². The Morgan fingerprint density at radius 1 is 1.17 bits per heavy atom. The van der Waals surface area contributed by atoms with E-state index in [9.17, 15) is 18.3 Å². The van der Waals surface area contributed by atoms with Gasteiger partial charge in [-0.05, 0) is 42.5 Å². The lowest BCUT2D eigenvalue weighted by molar-refractivity contribution is 0.0687. The Hall–Kier alpha value is -1.86. The molecule has 2 aromatic rings. The van der Waals surface area contributed by atoms with Gasteiger partial charge in [-0.25, -0.2) is 13.2 Å². The number of aryl methyl sites for hydroxylation is 1. The Balaban J connectivity index is 2.03. The molecule has 1 aromatic carbocycles. The number of hydrogen-bond donors (Lipinski definition) is 1. The van der Waals surface area contributed by atoms with Gasteiger partial charge in [0.2, 0.25) is 10.0 Å². The third-order valence-corrected chi connectivity index (χ3v) is 6.53. The van der Waals surface area contributed by atoms with Gasteiger partial charge in [0.1, 0.15) is 5.69 Å². The first-order chi connectivity index (χ1) is 11.2. The van der Waals surface area contributed by atoms with Crippen LogP contribution in [0.15, 0.2) is 29.2 Å². The van der Waals surface area contributed by atoms with Crippen LogP contribution in [0.3, 0.4) is 0 Å². The highest BCUT2D eigenvalue weighted by Gasteiger charge is 2.31. The van der Waals surface area contributed by atoms with E-state index in [0.29, 0.717) is 35.8 Å². The third kappa shape index (κ3) is 2.82. The molecule has 0 aliphatic carbocycles. The summed E-state index contributed by atoms with van der Waals surface area (Å²) in [7, 11) is -1.91. The minimum atomic E-state index is -3.57. The number of carboxylic acid groups (broad SMARTS) is 1. The standard InChI is InChI=1S/C17H22N2O4S/c1-11-6-12(2)10-19(9-11)24(22,23)14-4-5-15-13(7-14)8-16(17(20)21)18(15)3/h4-5,7-8,11-12H,6,9-10H2,1-3H3,(H,20,21). The molecule has 7 heteroatoms. The van der Waals surface area contributed by atoms with Crippen LogP contribution in [-0.2, 0) is 17.1 Å². The van der Waals surface area contributed by atoms with E-state index in [1.165, 1.54) is 6.07 Å². The van der Waals surface area contributed by atoms with Crippen molar-refractivity contribution in [3.63, 3.8) is 0 Å². The number of fused-ring (bicyclic) bond motifs is 1. The van der Waals surface area contributed by atoms with Crippen LogP contribution in [0.5, 0.6) is 0 Å². The second-order valence-corrected chi connectivity index (χ2v) is 8.82. The number of aromatic nitrogens is 1. The zero-order chi connectivity index (χ0) is 17.6. The van der Waals surface area contributed by atoms with E-state index in [0.717, 1.165) is 6.42 Å². The number of hydrogen-bond acceptors (Lipinski definition) is 3. The van der Waals surface area contributed by atoms with Crippen molar-refractivity contribution in [2.24, 2.45) is 18.9 Å². The molecule has 0 bridgehead atoms. The number of benzene rings is 1. The maximum atomic E-state index is 13.0. The summed E-state index contributed by atoms with van der Waals surface area (Å²) in [6.45, 7) is 5.19. The van der Waals surface area contributed by atoms with Gasteiger partial charge in [-0.1, -0.05) is 13.8 Å². The fourth-order valence-electron chi connectivity index (χ4n) is 3.64. The first-order valence-electron chi connectivity index (χ1n) is 8.03. The van der Waals surface area contributed by atoms with Crippen LogP contribution < -0.4 is 0 Å². The number of nitrogens with zero attached hydrogens (tertiary/aromatic N) is 2. The summed E-state index contributed by atoms with van der Waals surface area (Å²) in [5.74, 6) is -0.359. The third-order valence-electron chi connectivity index (χ3n) is 4.71. The van der Waals surface area contributed by atoms with Crippen molar-refractivity contribution in [2.75, 3.05) is 13.1 Å². The molecule has 130 valence electrons. The van der Waals surface area contributed by atoms with Gasteiger partial charge in [0.05, 0.1) is 4.90 Å². The fourth-order valence-corrected chi connectivity index (χ4v) is 5.36. The van der Waals surface area contributed by atoms with E-state index >= 15 is 0 Å². The highest BCUT2D eigenvalue weighted by atomic mass is 32.2. The van der Waals surface area contributed by atoms with E-state index < -0.39 is 16.0 Å². The maximum absolute atomic E-state index is 13.0. The summed E-state index contributed by atoms with van der Waals surface area (Å²) in [5.41, 5.74) is 0.839. The predicted molar refractivity (Wildman–Crippen MR) is 91.6 cm³/mol. The molecule has 1 aromatic heterocycles. The lowest BCUT2D eigenvalue weighted by atomic mass is 9.94. The summed E-state index contributed by atoms with van der Waals surface area (Å²) in [4.78, 5) is 11.5. The molecule has 1 aliphatic heterocycles. The zero-order valence-corrected chi connectivity index (χ0v) is 14.9. The Morgan fingerprint density at radius 2 is 1.79 bits per heavy atom. The predicted octanol–water partition coefficient (Wildman–Crippen LogP) is 2.54. The molecule has 1 fully saturated rings. The quantitative estimate of drug-likeness (QED) is 0.922. The molecule has 6 nitrogen and oxygen atoms in total. The van der Waals surface area contributed by atoms with Gasteiger partial charge in [-0.2, -0.15) is 4.31 Å². The van der Waals surface area contributed by atoms with Crippen molar-refractivity contribution in [3.05, 3.63) is 30.0 Å². The number of rotatable bonds is 3. The molecule has 0 radical (unpaired) electrons. The minimum Gasteiger partial charge on any atom is -0.477 e. The highest BCUT2D eigenvalue weighted by molar-refractivity contribution is 7.89. The first kappa shape index (κ1) is 17.0. The Morgan fingerprint density at radius 3 is 2.38 bits per heavy atom. The van der Waals surface area contributed by atoms with Crippen LogP contribution in [0, 0.1) is 11.8 Å². The molecule has 2 heterocycles. The molecule has 1 N–H and O–H groups in total. The number of piperidine rings is 1. The summed E-state index contributed by atoms with van der Waals surface area (Å²) in [5, 5.41) is 9.83. The van der Waals surface area contributed by atoms with Crippen LogP contribution >= 0.6 is 0 Å².